The lowest BCUT2D eigenvalue weighted by Gasteiger charge is -2.23. The number of hydrogen-bond acceptors (Lipinski definition) is 3. The van der Waals surface area contributed by atoms with E-state index in [9.17, 15) is 4.79 Å². The second kappa shape index (κ2) is 8.14. The first-order valence-electron chi connectivity index (χ1n) is 8.76. The molecule has 25 heavy (non-hydrogen) atoms. The van der Waals surface area contributed by atoms with Gasteiger partial charge in [-0.1, -0.05) is 19.9 Å². The summed E-state index contributed by atoms with van der Waals surface area (Å²) in [6.45, 7) is 10.2. The molecule has 2 aromatic heterocycles. The van der Waals surface area contributed by atoms with Crippen molar-refractivity contribution in [2.45, 2.75) is 53.1 Å². The molecule has 2 unspecified atom stereocenters. The quantitative estimate of drug-likeness (QED) is 0.847. The van der Waals surface area contributed by atoms with Crippen molar-refractivity contribution in [2.75, 3.05) is 0 Å². The molecular weight excluding hydrogens is 314 g/mol. The number of aromatic nitrogens is 3. The minimum atomic E-state index is -0.170. The number of amides is 2. The van der Waals surface area contributed by atoms with Crippen LogP contribution in [0.3, 0.4) is 0 Å². The van der Waals surface area contributed by atoms with E-state index in [1.54, 1.807) is 6.20 Å². The zero-order valence-corrected chi connectivity index (χ0v) is 16.0. The smallest absolute Gasteiger partial charge is 0.315 e. The topological polar surface area (TPSA) is 71.8 Å². The van der Waals surface area contributed by atoms with E-state index in [-0.39, 0.29) is 24.0 Å². The average molecular weight is 343 g/mol. The maximum atomic E-state index is 12.4. The third-order valence-electron chi connectivity index (χ3n) is 4.51. The first-order valence-corrected chi connectivity index (χ1v) is 8.76. The summed E-state index contributed by atoms with van der Waals surface area (Å²) in [5, 5.41) is 10.5. The fourth-order valence-electron chi connectivity index (χ4n) is 3.02. The molecule has 136 valence electrons. The zero-order chi connectivity index (χ0) is 18.6. The molecular formula is C19H29N5O. The molecule has 0 aromatic carbocycles. The summed E-state index contributed by atoms with van der Waals surface area (Å²) in [5.41, 5.74) is 4.22. The second-order valence-electron chi connectivity index (χ2n) is 6.97. The molecule has 0 fully saturated rings. The Morgan fingerprint density at radius 1 is 1.20 bits per heavy atom. The third-order valence-corrected chi connectivity index (χ3v) is 4.51. The van der Waals surface area contributed by atoms with Gasteiger partial charge in [0.15, 0.2) is 0 Å². The van der Waals surface area contributed by atoms with Crippen LogP contribution in [0.2, 0.25) is 0 Å². The van der Waals surface area contributed by atoms with E-state index in [0.29, 0.717) is 0 Å². The van der Waals surface area contributed by atoms with Gasteiger partial charge in [-0.3, -0.25) is 9.67 Å². The standard InChI is InChI=1S/C19H29N5O/c1-12(2)18(17-9-7-8-10-20-17)22-19(25)21-13(3)11-16-14(4)23-24(6)15(16)5/h7-10,12-13,18H,11H2,1-6H3,(H2,21,22,25). The lowest BCUT2D eigenvalue weighted by Crippen LogP contribution is -2.44. The molecule has 0 saturated heterocycles. The molecule has 2 amide bonds. The minimum Gasteiger partial charge on any atom is -0.335 e. The molecule has 6 heteroatoms. The molecule has 2 N–H and O–H groups in total. The van der Waals surface area contributed by atoms with E-state index in [2.05, 4.69) is 41.5 Å². The first kappa shape index (κ1) is 19.0. The molecule has 0 bridgehead atoms. The number of aryl methyl sites for hydroxylation is 2. The van der Waals surface area contributed by atoms with Crippen LogP contribution in [0.5, 0.6) is 0 Å². The Balaban J connectivity index is 1.98. The molecule has 0 aliphatic rings. The number of carbonyl (C=O) groups is 1. The number of nitrogens with one attached hydrogen (secondary N) is 2. The maximum absolute atomic E-state index is 12.4. The van der Waals surface area contributed by atoms with Gasteiger partial charge < -0.3 is 10.6 Å². The maximum Gasteiger partial charge on any atom is 0.315 e. The van der Waals surface area contributed by atoms with Gasteiger partial charge >= 0.3 is 6.03 Å². The largest absolute Gasteiger partial charge is 0.335 e. The van der Waals surface area contributed by atoms with E-state index < -0.39 is 0 Å². The van der Waals surface area contributed by atoms with E-state index in [4.69, 9.17) is 0 Å². The molecule has 2 atom stereocenters. The number of rotatable bonds is 6. The summed E-state index contributed by atoms with van der Waals surface area (Å²) >= 11 is 0. The second-order valence-corrected chi connectivity index (χ2v) is 6.97. The van der Waals surface area contributed by atoms with Gasteiger partial charge in [-0.2, -0.15) is 5.10 Å². The highest BCUT2D eigenvalue weighted by atomic mass is 16.2. The Morgan fingerprint density at radius 2 is 1.92 bits per heavy atom. The first-order chi connectivity index (χ1) is 11.8. The van der Waals surface area contributed by atoms with Crippen LogP contribution in [-0.4, -0.2) is 26.8 Å². The summed E-state index contributed by atoms with van der Waals surface area (Å²) in [7, 11) is 1.94. The predicted octanol–water partition coefficient (Wildman–Crippen LogP) is 3.06. The summed E-state index contributed by atoms with van der Waals surface area (Å²) in [6, 6.07) is 5.48. The zero-order valence-electron chi connectivity index (χ0n) is 16.0. The van der Waals surface area contributed by atoms with Crippen molar-refractivity contribution in [2.24, 2.45) is 13.0 Å². The molecule has 0 aliphatic heterocycles. The Bertz CT molecular complexity index is 708. The van der Waals surface area contributed by atoms with Crippen LogP contribution in [0.4, 0.5) is 4.79 Å². The highest BCUT2D eigenvalue weighted by Crippen LogP contribution is 2.19. The van der Waals surface area contributed by atoms with Crippen molar-refractivity contribution in [3.63, 3.8) is 0 Å². The minimum absolute atomic E-state index is 0.0122. The lowest BCUT2D eigenvalue weighted by molar-refractivity contribution is 0.229. The number of hydrogen-bond donors (Lipinski definition) is 2. The SMILES string of the molecule is Cc1nn(C)c(C)c1CC(C)NC(=O)NC(c1ccccn1)C(C)C. The summed E-state index contributed by atoms with van der Waals surface area (Å²) in [5.74, 6) is 0.249. The van der Waals surface area contributed by atoms with Crippen molar-refractivity contribution in [3.8, 4) is 0 Å². The Hall–Kier alpha value is -2.37. The van der Waals surface area contributed by atoms with Gasteiger partial charge in [0.05, 0.1) is 17.4 Å². The molecule has 2 heterocycles. The Kier molecular flexibility index (Phi) is 6.17. The molecule has 0 spiro atoms. The number of nitrogens with zero attached hydrogens (tertiary/aromatic N) is 3. The van der Waals surface area contributed by atoms with Crippen molar-refractivity contribution in [1.29, 1.82) is 0 Å². The molecule has 0 aliphatic carbocycles. The van der Waals surface area contributed by atoms with Crippen LogP contribution < -0.4 is 10.6 Å². The normalized spacial score (nSPS) is 13.6. The van der Waals surface area contributed by atoms with Gasteiger partial charge in [0.25, 0.3) is 0 Å². The fraction of sp³-hybridized carbons (Fsp3) is 0.526. The average Bonchev–Trinajstić information content (AvgIpc) is 2.79. The van der Waals surface area contributed by atoms with Crippen LogP contribution in [-0.2, 0) is 13.5 Å². The lowest BCUT2D eigenvalue weighted by atomic mass is 10.0. The van der Waals surface area contributed by atoms with Gasteiger partial charge in [0, 0.05) is 25.0 Å². The van der Waals surface area contributed by atoms with Crippen molar-refractivity contribution in [1.82, 2.24) is 25.4 Å². The van der Waals surface area contributed by atoms with E-state index >= 15 is 0 Å². The fourth-order valence-corrected chi connectivity index (χ4v) is 3.02. The van der Waals surface area contributed by atoms with Gasteiger partial charge in [0.1, 0.15) is 0 Å². The highest BCUT2D eigenvalue weighted by Gasteiger charge is 2.21. The number of urea groups is 1. The van der Waals surface area contributed by atoms with Gasteiger partial charge in [0.2, 0.25) is 0 Å². The van der Waals surface area contributed by atoms with Gasteiger partial charge in [-0.15, -0.1) is 0 Å². The molecule has 0 saturated carbocycles. The van der Waals surface area contributed by atoms with E-state index in [1.807, 2.05) is 43.8 Å². The van der Waals surface area contributed by atoms with Crippen LogP contribution in [0.15, 0.2) is 24.4 Å². The van der Waals surface area contributed by atoms with Crippen LogP contribution in [0.1, 0.15) is 49.5 Å². The van der Waals surface area contributed by atoms with Gasteiger partial charge in [-0.25, -0.2) is 4.79 Å². The summed E-state index contributed by atoms with van der Waals surface area (Å²) < 4.78 is 1.88. The Morgan fingerprint density at radius 3 is 2.44 bits per heavy atom. The molecule has 2 aromatic rings. The van der Waals surface area contributed by atoms with Crippen molar-refractivity contribution in [3.05, 3.63) is 47.0 Å². The van der Waals surface area contributed by atoms with Crippen LogP contribution >= 0.6 is 0 Å². The summed E-state index contributed by atoms with van der Waals surface area (Å²) in [6.07, 6.45) is 2.51. The summed E-state index contributed by atoms with van der Waals surface area (Å²) in [4.78, 5) is 16.8. The Labute approximate surface area is 150 Å². The monoisotopic (exact) mass is 343 g/mol. The van der Waals surface area contributed by atoms with Crippen LogP contribution in [0, 0.1) is 19.8 Å². The van der Waals surface area contributed by atoms with E-state index in [0.717, 1.165) is 23.5 Å². The number of pyridine rings is 1. The van der Waals surface area contributed by atoms with Crippen molar-refractivity contribution < 1.29 is 4.79 Å². The predicted molar refractivity (Wildman–Crippen MR) is 99.3 cm³/mol. The van der Waals surface area contributed by atoms with Crippen molar-refractivity contribution >= 4 is 6.03 Å². The molecule has 0 radical (unpaired) electrons. The van der Waals surface area contributed by atoms with Gasteiger partial charge in [-0.05, 0) is 50.8 Å². The molecule has 2 rings (SSSR count). The highest BCUT2D eigenvalue weighted by molar-refractivity contribution is 5.74. The van der Waals surface area contributed by atoms with E-state index in [1.165, 1.54) is 5.56 Å². The molecule has 6 nitrogen and oxygen atoms in total. The van der Waals surface area contributed by atoms with Crippen LogP contribution in [0.25, 0.3) is 0 Å². The third kappa shape index (κ3) is 4.81. The number of carbonyl (C=O) groups excluding carboxylic acids is 1.